The maximum absolute atomic E-state index is 8.65. The number of anilines is 2. The predicted molar refractivity (Wildman–Crippen MR) is 85.9 cm³/mol. The Morgan fingerprint density at radius 3 is 1.29 bits per heavy atom. The fraction of sp³-hybridized carbons (Fsp3) is 0. The molecule has 0 aliphatic carbocycles. The molecule has 0 atom stereocenters. The molecule has 0 aliphatic rings. The third kappa shape index (κ3) is 5.28. The van der Waals surface area contributed by atoms with Crippen LogP contribution in [0, 0.1) is 0 Å². The number of para-hydroxylation sites is 2. The number of phenols is 2. The molecule has 106 valence electrons. The molecular weight excluding hydrogens is 262 g/mol. The normalized spacial score (nSPS) is 9.33. The average molecular weight is 279 g/mol. The first kappa shape index (κ1) is 14.5. The fourth-order valence-corrected chi connectivity index (χ4v) is 1.70. The first-order chi connectivity index (χ1) is 10.2. The summed E-state index contributed by atoms with van der Waals surface area (Å²) >= 11 is 0. The Balaban J connectivity index is 0.000000173. The number of nitrogens with one attached hydrogen (secondary N) is 1. The van der Waals surface area contributed by atoms with Gasteiger partial charge in [0, 0.05) is 17.4 Å². The van der Waals surface area contributed by atoms with E-state index in [4.69, 9.17) is 10.2 Å². The second-order valence-corrected chi connectivity index (χ2v) is 4.38. The van der Waals surface area contributed by atoms with Gasteiger partial charge >= 0.3 is 0 Å². The van der Waals surface area contributed by atoms with Crippen LogP contribution in [0.2, 0.25) is 0 Å². The second-order valence-electron chi connectivity index (χ2n) is 4.38. The van der Waals surface area contributed by atoms with Crippen molar-refractivity contribution in [2.45, 2.75) is 0 Å². The van der Waals surface area contributed by atoms with E-state index in [2.05, 4.69) is 5.32 Å². The van der Waals surface area contributed by atoms with Gasteiger partial charge in [-0.05, 0) is 36.4 Å². The molecule has 3 N–H and O–H groups in total. The molecule has 0 spiro atoms. The molecule has 3 nitrogen and oxygen atoms in total. The van der Waals surface area contributed by atoms with Crippen LogP contribution in [0.15, 0.2) is 84.9 Å². The van der Waals surface area contributed by atoms with Gasteiger partial charge < -0.3 is 15.5 Å². The van der Waals surface area contributed by atoms with Gasteiger partial charge in [-0.3, -0.25) is 0 Å². The molecule has 3 heteroatoms. The lowest BCUT2D eigenvalue weighted by Gasteiger charge is -2.04. The fourth-order valence-electron chi connectivity index (χ4n) is 1.70. The molecule has 0 amide bonds. The van der Waals surface area contributed by atoms with Crippen LogP contribution in [0.5, 0.6) is 11.5 Å². The Labute approximate surface area is 124 Å². The SMILES string of the molecule is Oc1cccc(O)c1.c1ccc(Nc2ccccc2)cc1. The number of rotatable bonds is 2. The first-order valence-electron chi connectivity index (χ1n) is 6.59. The monoisotopic (exact) mass is 279 g/mol. The van der Waals surface area contributed by atoms with E-state index in [0.29, 0.717) is 0 Å². The summed E-state index contributed by atoms with van der Waals surface area (Å²) in [7, 11) is 0. The van der Waals surface area contributed by atoms with Crippen LogP contribution in [0.3, 0.4) is 0 Å². The summed E-state index contributed by atoms with van der Waals surface area (Å²) in [4.78, 5) is 0. The lowest BCUT2D eigenvalue weighted by molar-refractivity contribution is 0.450. The molecule has 0 fully saturated rings. The lowest BCUT2D eigenvalue weighted by atomic mass is 10.3. The summed E-state index contributed by atoms with van der Waals surface area (Å²) < 4.78 is 0. The van der Waals surface area contributed by atoms with Crippen molar-refractivity contribution in [3.8, 4) is 11.5 Å². The zero-order valence-corrected chi connectivity index (χ0v) is 11.5. The molecule has 0 unspecified atom stereocenters. The van der Waals surface area contributed by atoms with Crippen LogP contribution in [0.25, 0.3) is 0 Å². The van der Waals surface area contributed by atoms with Gasteiger partial charge in [-0.15, -0.1) is 0 Å². The topological polar surface area (TPSA) is 52.5 Å². The molecule has 3 aromatic rings. The highest BCUT2D eigenvalue weighted by Gasteiger charge is 1.90. The Morgan fingerprint density at radius 2 is 0.952 bits per heavy atom. The Kier molecular flexibility index (Phi) is 5.24. The molecule has 0 heterocycles. The van der Waals surface area contributed by atoms with Crippen molar-refractivity contribution < 1.29 is 10.2 Å². The van der Waals surface area contributed by atoms with E-state index in [-0.39, 0.29) is 11.5 Å². The molecule has 21 heavy (non-hydrogen) atoms. The molecule has 0 saturated heterocycles. The minimum Gasteiger partial charge on any atom is -0.508 e. The molecule has 0 radical (unpaired) electrons. The van der Waals surface area contributed by atoms with E-state index in [1.807, 2.05) is 60.7 Å². The maximum atomic E-state index is 8.65. The van der Waals surface area contributed by atoms with E-state index < -0.39 is 0 Å². The molecule has 0 saturated carbocycles. The lowest BCUT2D eigenvalue weighted by Crippen LogP contribution is -1.87. The predicted octanol–water partition coefficient (Wildman–Crippen LogP) is 4.53. The third-order valence-corrected chi connectivity index (χ3v) is 2.67. The van der Waals surface area contributed by atoms with Crippen molar-refractivity contribution in [1.82, 2.24) is 0 Å². The zero-order valence-electron chi connectivity index (χ0n) is 11.5. The van der Waals surface area contributed by atoms with Crippen molar-refractivity contribution >= 4 is 11.4 Å². The summed E-state index contributed by atoms with van der Waals surface area (Å²) in [5, 5.41) is 20.6. The largest absolute Gasteiger partial charge is 0.508 e. The van der Waals surface area contributed by atoms with Crippen molar-refractivity contribution in [2.24, 2.45) is 0 Å². The van der Waals surface area contributed by atoms with Crippen LogP contribution >= 0.6 is 0 Å². The van der Waals surface area contributed by atoms with E-state index in [1.54, 1.807) is 6.07 Å². The molecule has 0 aliphatic heterocycles. The van der Waals surface area contributed by atoms with Crippen LogP contribution < -0.4 is 5.32 Å². The van der Waals surface area contributed by atoms with Gasteiger partial charge in [-0.1, -0.05) is 42.5 Å². The first-order valence-corrected chi connectivity index (χ1v) is 6.59. The van der Waals surface area contributed by atoms with Crippen LogP contribution in [0.4, 0.5) is 11.4 Å². The summed E-state index contributed by atoms with van der Waals surface area (Å²) in [6, 6.07) is 26.1. The number of hydrogen-bond acceptors (Lipinski definition) is 3. The van der Waals surface area contributed by atoms with Crippen molar-refractivity contribution in [3.05, 3.63) is 84.9 Å². The minimum atomic E-state index is 0.0880. The average Bonchev–Trinajstić information content (AvgIpc) is 2.50. The summed E-state index contributed by atoms with van der Waals surface area (Å²) in [5.41, 5.74) is 2.24. The maximum Gasteiger partial charge on any atom is 0.119 e. The summed E-state index contributed by atoms with van der Waals surface area (Å²) in [6.07, 6.45) is 0. The molecule has 3 rings (SSSR count). The Hall–Kier alpha value is -2.94. The number of hydrogen-bond donors (Lipinski definition) is 3. The summed E-state index contributed by atoms with van der Waals surface area (Å²) in [5.74, 6) is 0.176. The minimum absolute atomic E-state index is 0.0880. The number of aromatic hydroxyl groups is 2. The van der Waals surface area contributed by atoms with E-state index in [1.165, 1.54) is 18.2 Å². The van der Waals surface area contributed by atoms with Gasteiger partial charge in [-0.2, -0.15) is 0 Å². The number of phenolic OH excluding ortho intramolecular Hbond substituents is 2. The van der Waals surface area contributed by atoms with Gasteiger partial charge in [-0.25, -0.2) is 0 Å². The van der Waals surface area contributed by atoms with E-state index in [9.17, 15) is 0 Å². The molecule has 0 bridgehead atoms. The standard InChI is InChI=1S/C12H11N.C6H6O2/c1-3-7-11(8-4-1)13-12-9-5-2-6-10-12;7-5-2-1-3-6(8)4-5/h1-10,13H;1-4,7-8H. The van der Waals surface area contributed by atoms with Gasteiger partial charge in [0.1, 0.15) is 11.5 Å². The Bertz CT molecular complexity index is 600. The third-order valence-electron chi connectivity index (χ3n) is 2.67. The van der Waals surface area contributed by atoms with Gasteiger partial charge in [0.15, 0.2) is 0 Å². The Morgan fingerprint density at radius 1 is 0.524 bits per heavy atom. The van der Waals surface area contributed by atoms with Crippen molar-refractivity contribution in [2.75, 3.05) is 5.32 Å². The smallest absolute Gasteiger partial charge is 0.119 e. The quantitative estimate of drug-likeness (QED) is 0.646. The highest BCUT2D eigenvalue weighted by Crippen LogP contribution is 2.15. The van der Waals surface area contributed by atoms with Crippen LogP contribution in [-0.4, -0.2) is 10.2 Å². The van der Waals surface area contributed by atoms with Gasteiger partial charge in [0.25, 0.3) is 0 Å². The van der Waals surface area contributed by atoms with Crippen LogP contribution in [-0.2, 0) is 0 Å². The van der Waals surface area contributed by atoms with Crippen molar-refractivity contribution in [1.29, 1.82) is 0 Å². The number of benzene rings is 3. The second kappa shape index (κ2) is 7.60. The molecule has 0 aromatic heterocycles. The zero-order chi connectivity index (χ0) is 14.9. The van der Waals surface area contributed by atoms with Gasteiger partial charge in [0.05, 0.1) is 0 Å². The summed E-state index contributed by atoms with van der Waals surface area (Å²) in [6.45, 7) is 0. The van der Waals surface area contributed by atoms with Gasteiger partial charge in [0.2, 0.25) is 0 Å². The van der Waals surface area contributed by atoms with E-state index >= 15 is 0 Å². The molecule has 3 aromatic carbocycles. The van der Waals surface area contributed by atoms with E-state index in [0.717, 1.165) is 11.4 Å². The van der Waals surface area contributed by atoms with Crippen LogP contribution in [0.1, 0.15) is 0 Å². The molecular formula is C18H17NO2. The highest BCUT2D eigenvalue weighted by atomic mass is 16.3. The van der Waals surface area contributed by atoms with Crippen molar-refractivity contribution in [3.63, 3.8) is 0 Å². The highest BCUT2D eigenvalue weighted by molar-refractivity contribution is 5.58.